The highest BCUT2D eigenvalue weighted by molar-refractivity contribution is 5.17. The smallest absolute Gasteiger partial charge is 0.0460 e. The van der Waals surface area contributed by atoms with Crippen LogP contribution in [0, 0.1) is 17.8 Å². The highest BCUT2D eigenvalue weighted by Gasteiger charge is 2.49. The second-order valence-electron chi connectivity index (χ2n) is 6.13. The summed E-state index contributed by atoms with van der Waals surface area (Å²) in [6.45, 7) is 11.9. The van der Waals surface area contributed by atoms with Crippen molar-refractivity contribution in [3.8, 4) is 0 Å². The molecule has 1 aliphatic heterocycles. The van der Waals surface area contributed by atoms with Gasteiger partial charge in [0.1, 0.15) is 0 Å². The maximum atomic E-state index is 2.66. The molecule has 0 aromatic heterocycles. The van der Waals surface area contributed by atoms with Gasteiger partial charge >= 0.3 is 0 Å². The summed E-state index contributed by atoms with van der Waals surface area (Å²) in [5.74, 6) is 2.19. The number of hydrogen-bond acceptors (Lipinski definition) is 1. The lowest BCUT2D eigenvalue weighted by Crippen LogP contribution is -2.51. The van der Waals surface area contributed by atoms with Gasteiger partial charge in [-0.2, -0.15) is 0 Å². The molecule has 1 unspecified atom stereocenters. The fourth-order valence-electron chi connectivity index (χ4n) is 3.16. The summed E-state index contributed by atoms with van der Waals surface area (Å²) >= 11 is 0. The van der Waals surface area contributed by atoms with Crippen molar-refractivity contribution in [1.82, 2.24) is 4.90 Å². The van der Waals surface area contributed by atoms with E-state index in [4.69, 9.17) is 0 Å². The molecule has 1 heterocycles. The normalized spacial score (nSPS) is 35.9. The molecule has 15 heavy (non-hydrogen) atoms. The van der Waals surface area contributed by atoms with Crippen LogP contribution < -0.4 is 0 Å². The molecule has 1 heteroatoms. The molecule has 0 amide bonds. The van der Waals surface area contributed by atoms with Gasteiger partial charge in [0.25, 0.3) is 0 Å². The van der Waals surface area contributed by atoms with E-state index in [1.807, 2.05) is 0 Å². The Labute approximate surface area is 94.5 Å². The molecule has 2 atom stereocenters. The lowest BCUT2D eigenvalue weighted by molar-refractivity contribution is 0.0610. The molecule has 0 radical (unpaired) electrons. The maximum absolute atomic E-state index is 2.66. The van der Waals surface area contributed by atoms with Crippen molar-refractivity contribution in [2.45, 2.75) is 59.0 Å². The van der Waals surface area contributed by atoms with Crippen molar-refractivity contribution in [2.75, 3.05) is 0 Å². The molecule has 2 aliphatic rings. The monoisotopic (exact) mass is 207 g/mol. The van der Waals surface area contributed by atoms with Gasteiger partial charge in [-0.15, -0.1) is 0 Å². The third-order valence-corrected chi connectivity index (χ3v) is 4.51. The molecule has 0 spiro atoms. The molecule has 0 aromatic rings. The highest BCUT2D eigenvalue weighted by Crippen LogP contribution is 2.47. The van der Waals surface area contributed by atoms with Gasteiger partial charge in [0.15, 0.2) is 0 Å². The summed E-state index contributed by atoms with van der Waals surface area (Å²) in [5, 5.41) is 0. The van der Waals surface area contributed by atoms with E-state index in [1.54, 1.807) is 0 Å². The van der Waals surface area contributed by atoms with E-state index in [2.05, 4.69) is 51.8 Å². The van der Waals surface area contributed by atoms with Crippen LogP contribution in [0.3, 0.4) is 0 Å². The van der Waals surface area contributed by atoms with Crippen molar-refractivity contribution in [3.63, 3.8) is 0 Å². The largest absolute Gasteiger partial charge is 0.369 e. The van der Waals surface area contributed by atoms with Crippen LogP contribution in [0.1, 0.15) is 47.5 Å². The van der Waals surface area contributed by atoms with Gasteiger partial charge in [0.2, 0.25) is 0 Å². The SMILES string of the molecule is CC(C)C1C=CN(C2CC2)[C@@]1(C)C(C)C. The van der Waals surface area contributed by atoms with Crippen molar-refractivity contribution in [2.24, 2.45) is 17.8 Å². The first kappa shape index (κ1) is 11.0. The summed E-state index contributed by atoms with van der Waals surface area (Å²) in [5.41, 5.74) is 0.356. The van der Waals surface area contributed by atoms with Crippen LogP contribution in [0.4, 0.5) is 0 Å². The molecule has 1 saturated carbocycles. The van der Waals surface area contributed by atoms with Crippen molar-refractivity contribution in [3.05, 3.63) is 12.3 Å². The minimum atomic E-state index is 0.356. The zero-order chi connectivity index (χ0) is 11.2. The van der Waals surface area contributed by atoms with Crippen LogP contribution in [0.25, 0.3) is 0 Å². The first-order valence-electron chi connectivity index (χ1n) is 6.44. The van der Waals surface area contributed by atoms with E-state index in [0.717, 1.165) is 23.8 Å². The van der Waals surface area contributed by atoms with E-state index in [-0.39, 0.29) is 0 Å². The molecule has 86 valence electrons. The van der Waals surface area contributed by atoms with Crippen LogP contribution in [0.2, 0.25) is 0 Å². The summed E-state index contributed by atoms with van der Waals surface area (Å²) in [4.78, 5) is 2.66. The van der Waals surface area contributed by atoms with Crippen LogP contribution in [-0.4, -0.2) is 16.5 Å². The molecular weight excluding hydrogens is 182 g/mol. The number of rotatable bonds is 3. The second-order valence-corrected chi connectivity index (χ2v) is 6.13. The summed E-state index contributed by atoms with van der Waals surface area (Å²) in [7, 11) is 0. The zero-order valence-electron chi connectivity index (χ0n) is 10.8. The Hall–Kier alpha value is -0.460. The van der Waals surface area contributed by atoms with Crippen LogP contribution in [0.15, 0.2) is 12.3 Å². The minimum absolute atomic E-state index is 0.356. The van der Waals surface area contributed by atoms with Crippen molar-refractivity contribution < 1.29 is 0 Å². The highest BCUT2D eigenvalue weighted by atomic mass is 15.3. The van der Waals surface area contributed by atoms with Gasteiger partial charge in [-0.25, -0.2) is 0 Å². The molecule has 1 nitrogen and oxygen atoms in total. The second kappa shape index (κ2) is 3.54. The van der Waals surface area contributed by atoms with Crippen molar-refractivity contribution >= 4 is 0 Å². The summed E-state index contributed by atoms with van der Waals surface area (Å²) in [6, 6.07) is 0.845. The predicted octanol–water partition coefficient (Wildman–Crippen LogP) is 3.67. The van der Waals surface area contributed by atoms with E-state index in [1.165, 1.54) is 12.8 Å². The Kier molecular flexibility index (Phi) is 2.60. The maximum Gasteiger partial charge on any atom is 0.0460 e. The average molecular weight is 207 g/mol. The Balaban J connectivity index is 2.25. The zero-order valence-corrected chi connectivity index (χ0v) is 10.8. The summed E-state index contributed by atoms with van der Waals surface area (Å²) < 4.78 is 0. The van der Waals surface area contributed by atoms with E-state index >= 15 is 0 Å². The van der Waals surface area contributed by atoms with Gasteiger partial charge in [-0.05, 0) is 37.8 Å². The van der Waals surface area contributed by atoms with Crippen molar-refractivity contribution in [1.29, 1.82) is 0 Å². The predicted molar refractivity (Wildman–Crippen MR) is 65.6 cm³/mol. The van der Waals surface area contributed by atoms with Gasteiger partial charge in [-0.1, -0.05) is 33.8 Å². The average Bonchev–Trinajstić information content (AvgIpc) is 2.90. The summed E-state index contributed by atoms with van der Waals surface area (Å²) in [6.07, 6.45) is 7.63. The Morgan fingerprint density at radius 1 is 1.20 bits per heavy atom. The molecule has 1 fully saturated rings. The molecule has 0 saturated heterocycles. The molecule has 2 rings (SSSR count). The van der Waals surface area contributed by atoms with Gasteiger partial charge < -0.3 is 4.90 Å². The molecule has 0 aromatic carbocycles. The van der Waals surface area contributed by atoms with E-state index < -0.39 is 0 Å². The minimum Gasteiger partial charge on any atom is -0.369 e. The van der Waals surface area contributed by atoms with Gasteiger partial charge in [-0.3, -0.25) is 0 Å². The Morgan fingerprint density at radius 2 is 1.80 bits per heavy atom. The quantitative estimate of drug-likeness (QED) is 0.682. The van der Waals surface area contributed by atoms with E-state index in [0.29, 0.717) is 5.54 Å². The molecule has 0 N–H and O–H groups in total. The Morgan fingerprint density at radius 3 is 2.20 bits per heavy atom. The fourth-order valence-corrected chi connectivity index (χ4v) is 3.16. The van der Waals surface area contributed by atoms with Gasteiger partial charge in [0, 0.05) is 17.5 Å². The number of nitrogens with zero attached hydrogens (tertiary/aromatic N) is 1. The third kappa shape index (κ3) is 1.60. The van der Waals surface area contributed by atoms with Crippen LogP contribution in [-0.2, 0) is 0 Å². The number of hydrogen-bond donors (Lipinski definition) is 0. The van der Waals surface area contributed by atoms with Gasteiger partial charge in [0.05, 0.1) is 0 Å². The lowest BCUT2D eigenvalue weighted by Gasteiger charge is -2.46. The molecular formula is C14H25N. The van der Waals surface area contributed by atoms with Crippen LogP contribution in [0.5, 0.6) is 0 Å². The Bertz CT molecular complexity index is 249. The third-order valence-electron chi connectivity index (χ3n) is 4.51. The van der Waals surface area contributed by atoms with Crippen LogP contribution >= 0.6 is 0 Å². The molecule has 1 aliphatic carbocycles. The topological polar surface area (TPSA) is 3.24 Å². The first-order chi connectivity index (χ1) is 6.98. The fraction of sp³-hybridized carbons (Fsp3) is 0.857. The standard InChI is InChI=1S/C14H25N/c1-10(2)13-8-9-15(12-6-7-12)14(13,5)11(3)4/h8-13H,6-7H2,1-5H3/t13?,14-/m0/s1. The first-order valence-corrected chi connectivity index (χ1v) is 6.44. The lowest BCUT2D eigenvalue weighted by atomic mass is 9.72. The van der Waals surface area contributed by atoms with E-state index in [9.17, 15) is 0 Å². The molecule has 0 bridgehead atoms.